The Bertz CT molecular complexity index is 1750. The zero-order valence-corrected chi connectivity index (χ0v) is 24.5. The van der Waals surface area contributed by atoms with Gasteiger partial charge in [0.1, 0.15) is 30.0 Å². The number of allylic oxidation sites excluding steroid dienone is 1. The van der Waals surface area contributed by atoms with Crippen LogP contribution in [0, 0.1) is 18.8 Å². The van der Waals surface area contributed by atoms with Crippen LogP contribution in [0.25, 0.3) is 0 Å². The zero-order valence-electron chi connectivity index (χ0n) is 24.5. The highest BCUT2D eigenvalue weighted by atomic mass is 16.5. The summed E-state index contributed by atoms with van der Waals surface area (Å²) in [4.78, 5) is 36.2. The van der Waals surface area contributed by atoms with Crippen molar-refractivity contribution in [3.63, 3.8) is 0 Å². The van der Waals surface area contributed by atoms with E-state index < -0.39 is 11.9 Å². The Labute approximate surface area is 255 Å². The summed E-state index contributed by atoms with van der Waals surface area (Å²) < 4.78 is 11.7. The van der Waals surface area contributed by atoms with Crippen LogP contribution in [0.3, 0.4) is 0 Å². The molecule has 3 aromatic carbocycles. The lowest BCUT2D eigenvalue weighted by atomic mass is 10.1. The van der Waals surface area contributed by atoms with Gasteiger partial charge in [-0.25, -0.2) is 4.98 Å². The minimum atomic E-state index is -0.922. The Morgan fingerprint density at radius 1 is 1.23 bits per heavy atom. The van der Waals surface area contributed by atoms with E-state index in [1.807, 2.05) is 61.5 Å². The molecule has 1 aromatic heterocycles. The molecule has 0 saturated heterocycles. The summed E-state index contributed by atoms with van der Waals surface area (Å²) in [5, 5.41) is 9.52. The van der Waals surface area contributed by atoms with Crippen molar-refractivity contribution in [1.82, 2.24) is 20.5 Å². The first kappa shape index (κ1) is 29.8. The van der Waals surface area contributed by atoms with Crippen LogP contribution < -0.4 is 19.7 Å². The molecule has 0 fully saturated rings. The first-order chi connectivity index (χ1) is 21.4. The summed E-state index contributed by atoms with van der Waals surface area (Å²) in [6, 6.07) is 19.9. The molecule has 1 atom stereocenters. The van der Waals surface area contributed by atoms with Crippen molar-refractivity contribution >= 4 is 29.4 Å². The maximum atomic E-state index is 13.3. The van der Waals surface area contributed by atoms with Gasteiger partial charge in [0, 0.05) is 31.7 Å². The van der Waals surface area contributed by atoms with E-state index in [2.05, 4.69) is 43.9 Å². The number of nitrogens with zero attached hydrogens (tertiary/aromatic N) is 4. The number of rotatable bonds is 9. The van der Waals surface area contributed by atoms with Crippen LogP contribution in [-0.2, 0) is 11.2 Å². The Morgan fingerprint density at radius 2 is 2.07 bits per heavy atom. The molecule has 44 heavy (non-hydrogen) atoms. The van der Waals surface area contributed by atoms with Crippen LogP contribution in [0.5, 0.6) is 11.5 Å². The monoisotopic (exact) mass is 588 g/mol. The molecule has 10 heteroatoms. The number of H-pyrrole nitrogens is 1. The van der Waals surface area contributed by atoms with Crippen LogP contribution in [0.4, 0.5) is 11.4 Å². The lowest BCUT2D eigenvalue weighted by Gasteiger charge is -2.20. The highest BCUT2D eigenvalue weighted by Crippen LogP contribution is 2.31. The number of fused-ring (bicyclic) bond motifs is 1. The molecule has 0 bridgehead atoms. The average Bonchev–Trinajstić information content (AvgIpc) is 3.47. The topological polar surface area (TPSA) is 122 Å². The molecule has 1 aliphatic rings. The van der Waals surface area contributed by atoms with Crippen molar-refractivity contribution in [2.75, 3.05) is 25.2 Å². The summed E-state index contributed by atoms with van der Waals surface area (Å²) in [6.45, 7) is 6.00. The normalized spacial score (nSPS) is 14.2. The molecule has 1 unspecified atom stereocenters. The average molecular weight is 589 g/mol. The number of nitrogens with one attached hydrogen (secondary N) is 2. The molecule has 222 valence electrons. The number of aromatic nitrogens is 3. The lowest BCUT2D eigenvalue weighted by molar-refractivity contribution is -0.120. The Hall–Kier alpha value is -5.69. The number of ether oxygens (including phenoxy) is 2. The molecule has 0 aliphatic carbocycles. The largest absolute Gasteiger partial charge is 0.493 e. The van der Waals surface area contributed by atoms with Crippen molar-refractivity contribution in [3.05, 3.63) is 108 Å². The number of carbonyl (C=O) groups excluding carboxylic acids is 2. The van der Waals surface area contributed by atoms with Crippen molar-refractivity contribution < 1.29 is 19.1 Å². The van der Waals surface area contributed by atoms with Crippen LogP contribution in [-0.4, -0.2) is 59.5 Å². The number of hydrogen-bond acceptors (Lipinski definition) is 7. The third kappa shape index (κ3) is 7.38. The fourth-order valence-corrected chi connectivity index (χ4v) is 4.55. The van der Waals surface area contributed by atoms with E-state index in [-0.39, 0.29) is 18.3 Å². The number of anilines is 1. The number of hydrogen-bond donors (Lipinski definition) is 2. The highest BCUT2D eigenvalue weighted by Gasteiger charge is 2.31. The van der Waals surface area contributed by atoms with Crippen LogP contribution >= 0.6 is 0 Å². The SMILES string of the molecule is C=CC=Nc1ccc(OCCC#Cc2ccc3c(c2)N(C)C(=O)C(NC(=O)c2n[nH]c(Cc4ccccc4)n2)CO3)cc1C. The maximum Gasteiger partial charge on any atom is 0.291 e. The third-order valence-corrected chi connectivity index (χ3v) is 6.82. The van der Waals surface area contributed by atoms with Gasteiger partial charge in [-0.3, -0.25) is 19.7 Å². The molecule has 0 saturated carbocycles. The second kappa shape index (κ2) is 14.0. The molecule has 0 spiro atoms. The minimum absolute atomic E-state index is 0.0351. The maximum absolute atomic E-state index is 13.3. The van der Waals surface area contributed by atoms with Crippen LogP contribution in [0.1, 0.15) is 39.6 Å². The number of likely N-dealkylation sites (N-methyl/N-ethyl adjacent to an activating group) is 1. The van der Waals surface area contributed by atoms with Gasteiger partial charge in [0.2, 0.25) is 5.82 Å². The molecule has 0 radical (unpaired) electrons. The van der Waals surface area contributed by atoms with Crippen molar-refractivity contribution in [2.24, 2.45) is 4.99 Å². The van der Waals surface area contributed by atoms with Crippen molar-refractivity contribution in [3.8, 4) is 23.3 Å². The summed E-state index contributed by atoms with van der Waals surface area (Å²) in [5.41, 5.74) is 4.19. The second-order valence-corrected chi connectivity index (χ2v) is 10.0. The molecule has 2 amide bonds. The fourth-order valence-electron chi connectivity index (χ4n) is 4.55. The number of aryl methyl sites for hydroxylation is 1. The van der Waals surface area contributed by atoms with E-state index in [9.17, 15) is 9.59 Å². The van der Waals surface area contributed by atoms with E-state index in [0.717, 1.165) is 28.1 Å². The second-order valence-electron chi connectivity index (χ2n) is 10.0. The number of carbonyl (C=O) groups is 2. The van der Waals surface area contributed by atoms with Gasteiger partial charge in [-0.1, -0.05) is 54.8 Å². The van der Waals surface area contributed by atoms with Gasteiger partial charge in [-0.2, -0.15) is 0 Å². The number of aliphatic imine (C=N–C) groups is 1. The van der Waals surface area contributed by atoms with Gasteiger partial charge >= 0.3 is 0 Å². The summed E-state index contributed by atoms with van der Waals surface area (Å²) in [6.07, 6.45) is 4.30. The lowest BCUT2D eigenvalue weighted by Crippen LogP contribution is -2.49. The Kier molecular flexibility index (Phi) is 9.47. The smallest absolute Gasteiger partial charge is 0.291 e. The molecular formula is C34H32N6O4. The Balaban J connectivity index is 1.16. The van der Waals surface area contributed by atoms with Gasteiger partial charge < -0.3 is 19.7 Å². The van der Waals surface area contributed by atoms with Gasteiger partial charge in [0.15, 0.2) is 0 Å². The Morgan fingerprint density at radius 3 is 2.86 bits per heavy atom. The standard InChI is InChI=1S/C34H32N6O4/c1-4-17-35-27-15-14-26(19-23(27)2)43-18-9-8-12-25-13-16-30-29(20-25)40(3)34(42)28(22-44-30)36-33(41)32-37-31(38-39-32)21-24-10-6-5-7-11-24/h4-7,10-11,13-17,19-20,28H,1,9,18,21-22H2,2-3H3,(H,36,41)(H,37,38,39). The van der Waals surface area contributed by atoms with Crippen LogP contribution in [0.15, 0.2) is 84.4 Å². The first-order valence-electron chi connectivity index (χ1n) is 14.1. The van der Waals surface area contributed by atoms with Gasteiger partial charge in [-0.05, 0) is 54.4 Å². The molecule has 2 N–H and O–H groups in total. The highest BCUT2D eigenvalue weighted by molar-refractivity contribution is 6.02. The zero-order chi connectivity index (χ0) is 30.9. The predicted molar refractivity (Wildman–Crippen MR) is 169 cm³/mol. The van der Waals surface area contributed by atoms with E-state index in [1.54, 1.807) is 31.5 Å². The quantitative estimate of drug-likeness (QED) is 0.168. The number of aromatic amines is 1. The summed E-state index contributed by atoms with van der Waals surface area (Å²) >= 11 is 0. The first-order valence-corrected chi connectivity index (χ1v) is 14.1. The predicted octanol–water partition coefficient (Wildman–Crippen LogP) is 4.57. The minimum Gasteiger partial charge on any atom is -0.493 e. The summed E-state index contributed by atoms with van der Waals surface area (Å²) in [5.74, 6) is 7.12. The molecule has 1 aliphatic heterocycles. The molecule has 4 aromatic rings. The van der Waals surface area contributed by atoms with Crippen molar-refractivity contribution in [2.45, 2.75) is 25.8 Å². The summed E-state index contributed by atoms with van der Waals surface area (Å²) in [7, 11) is 1.64. The number of benzene rings is 3. The molecule has 5 rings (SSSR count). The third-order valence-electron chi connectivity index (χ3n) is 6.82. The molecular weight excluding hydrogens is 556 g/mol. The van der Waals surface area contributed by atoms with Gasteiger partial charge in [0.25, 0.3) is 11.8 Å². The molecule has 10 nitrogen and oxygen atoms in total. The fraction of sp³-hybridized carbons (Fsp3) is 0.206. The van der Waals surface area contributed by atoms with Crippen molar-refractivity contribution in [1.29, 1.82) is 0 Å². The van der Waals surface area contributed by atoms with Gasteiger partial charge in [0.05, 0.1) is 18.0 Å². The van der Waals surface area contributed by atoms with E-state index in [0.29, 0.717) is 36.7 Å². The number of amides is 2. The van der Waals surface area contributed by atoms with E-state index in [4.69, 9.17) is 9.47 Å². The van der Waals surface area contributed by atoms with Gasteiger partial charge in [-0.15, -0.1) is 5.10 Å². The van der Waals surface area contributed by atoms with E-state index >= 15 is 0 Å². The van der Waals surface area contributed by atoms with Crippen LogP contribution in [0.2, 0.25) is 0 Å². The molecule has 2 heterocycles. The van der Waals surface area contributed by atoms with E-state index in [1.165, 1.54) is 4.90 Å².